The molecule has 2 aromatic carbocycles. The van der Waals surface area contributed by atoms with Crippen LogP contribution in [0.15, 0.2) is 60.7 Å². The average molecular weight is 388 g/mol. The Kier molecular flexibility index (Phi) is 5.76. The van der Waals surface area contributed by atoms with Gasteiger partial charge >= 0.3 is 0 Å². The Morgan fingerprint density at radius 3 is 2.34 bits per heavy atom. The Bertz CT molecular complexity index is 948. The van der Waals surface area contributed by atoms with Crippen molar-refractivity contribution in [2.45, 2.75) is 13.8 Å². The summed E-state index contributed by atoms with van der Waals surface area (Å²) in [5, 5.41) is 0. The van der Waals surface area contributed by atoms with Gasteiger partial charge in [-0.3, -0.25) is 0 Å². The first-order valence-corrected chi connectivity index (χ1v) is 10.4. The topological polar surface area (TPSA) is 35.5 Å². The Morgan fingerprint density at radius 2 is 1.66 bits per heavy atom. The average Bonchev–Trinajstić information content (AvgIpc) is 2.75. The molecule has 2 heterocycles. The summed E-state index contributed by atoms with van der Waals surface area (Å²) >= 11 is 0. The molecule has 1 aliphatic heterocycles. The fraction of sp³-hybridized carbons (Fsp3) is 0.333. The number of aromatic nitrogens is 2. The van der Waals surface area contributed by atoms with Gasteiger partial charge in [-0.2, -0.15) is 4.98 Å². The Balaban J connectivity index is 1.78. The van der Waals surface area contributed by atoms with Gasteiger partial charge in [0.25, 0.3) is 0 Å². The molecule has 0 aliphatic carbocycles. The number of rotatable bonds is 5. The van der Waals surface area contributed by atoms with Crippen LogP contribution in [0, 0.1) is 6.92 Å². The summed E-state index contributed by atoms with van der Waals surface area (Å²) in [5.41, 5.74) is 4.45. The van der Waals surface area contributed by atoms with E-state index in [0.717, 1.165) is 61.4 Å². The highest BCUT2D eigenvalue weighted by molar-refractivity contribution is 5.68. The molecular weight excluding hydrogens is 358 g/mol. The summed E-state index contributed by atoms with van der Waals surface area (Å²) in [6.45, 7) is 9.15. The largest absolute Gasteiger partial charge is 0.354 e. The van der Waals surface area contributed by atoms with Crippen molar-refractivity contribution in [3.63, 3.8) is 0 Å². The number of benzene rings is 2. The summed E-state index contributed by atoms with van der Waals surface area (Å²) in [7, 11) is 2.18. The van der Waals surface area contributed by atoms with E-state index in [1.165, 1.54) is 5.56 Å². The molecule has 1 aromatic heterocycles. The van der Waals surface area contributed by atoms with Gasteiger partial charge in [0, 0.05) is 50.0 Å². The maximum atomic E-state index is 5.01. The highest BCUT2D eigenvalue weighted by Gasteiger charge is 2.20. The number of piperazine rings is 1. The van der Waals surface area contributed by atoms with Gasteiger partial charge in [0.15, 0.2) is 0 Å². The van der Waals surface area contributed by atoms with Crippen LogP contribution in [0.2, 0.25) is 0 Å². The van der Waals surface area contributed by atoms with Crippen LogP contribution >= 0.6 is 0 Å². The first-order valence-electron chi connectivity index (χ1n) is 10.4. The monoisotopic (exact) mass is 387 g/mol. The van der Waals surface area contributed by atoms with Crippen LogP contribution in [-0.2, 0) is 0 Å². The molecule has 4 rings (SSSR count). The van der Waals surface area contributed by atoms with Crippen molar-refractivity contribution in [3.05, 3.63) is 66.2 Å². The van der Waals surface area contributed by atoms with Gasteiger partial charge < -0.3 is 14.7 Å². The molecule has 0 N–H and O–H groups in total. The van der Waals surface area contributed by atoms with Crippen molar-refractivity contribution >= 4 is 17.5 Å². The molecule has 0 atom stereocenters. The van der Waals surface area contributed by atoms with Crippen LogP contribution in [0.25, 0.3) is 11.3 Å². The second kappa shape index (κ2) is 8.62. The molecule has 5 nitrogen and oxygen atoms in total. The molecule has 0 bridgehead atoms. The van der Waals surface area contributed by atoms with Gasteiger partial charge in [0.1, 0.15) is 5.82 Å². The van der Waals surface area contributed by atoms with Crippen molar-refractivity contribution < 1.29 is 0 Å². The summed E-state index contributed by atoms with van der Waals surface area (Å²) < 4.78 is 0. The quantitative estimate of drug-likeness (QED) is 0.650. The molecule has 0 saturated carbocycles. The Labute approximate surface area is 173 Å². The molecular formula is C24H29N5. The van der Waals surface area contributed by atoms with E-state index >= 15 is 0 Å². The Hall–Kier alpha value is -2.92. The van der Waals surface area contributed by atoms with Gasteiger partial charge in [-0.1, -0.05) is 42.5 Å². The third-order valence-corrected chi connectivity index (χ3v) is 5.47. The van der Waals surface area contributed by atoms with Crippen LogP contribution < -0.4 is 9.80 Å². The van der Waals surface area contributed by atoms with E-state index in [9.17, 15) is 0 Å². The molecule has 29 heavy (non-hydrogen) atoms. The molecule has 0 radical (unpaired) electrons. The minimum absolute atomic E-state index is 0.758. The lowest BCUT2D eigenvalue weighted by molar-refractivity contribution is 0.312. The summed E-state index contributed by atoms with van der Waals surface area (Å²) in [5.74, 6) is 1.77. The predicted molar refractivity (Wildman–Crippen MR) is 121 cm³/mol. The molecule has 1 aliphatic rings. The van der Waals surface area contributed by atoms with Crippen LogP contribution in [0.4, 0.5) is 17.5 Å². The first-order chi connectivity index (χ1) is 14.1. The molecule has 3 aromatic rings. The molecule has 0 spiro atoms. The predicted octanol–water partition coefficient (Wildman–Crippen LogP) is 4.36. The van der Waals surface area contributed by atoms with Gasteiger partial charge in [-0.25, -0.2) is 4.98 Å². The van der Waals surface area contributed by atoms with E-state index in [1.807, 2.05) is 6.07 Å². The normalized spacial score (nSPS) is 14.8. The van der Waals surface area contributed by atoms with Crippen LogP contribution in [0.3, 0.4) is 0 Å². The van der Waals surface area contributed by atoms with E-state index < -0.39 is 0 Å². The zero-order valence-corrected chi connectivity index (χ0v) is 17.5. The van der Waals surface area contributed by atoms with Gasteiger partial charge in [0.2, 0.25) is 5.95 Å². The highest BCUT2D eigenvalue weighted by atomic mass is 15.3. The van der Waals surface area contributed by atoms with Crippen molar-refractivity contribution in [1.29, 1.82) is 0 Å². The summed E-state index contributed by atoms with van der Waals surface area (Å²) in [4.78, 5) is 16.9. The van der Waals surface area contributed by atoms with Crippen molar-refractivity contribution in [2.75, 3.05) is 49.6 Å². The van der Waals surface area contributed by atoms with Crippen LogP contribution in [0.5, 0.6) is 0 Å². The van der Waals surface area contributed by atoms with E-state index in [2.05, 4.69) is 90.2 Å². The van der Waals surface area contributed by atoms with Crippen LogP contribution in [-0.4, -0.2) is 54.6 Å². The smallest absolute Gasteiger partial charge is 0.232 e. The molecule has 1 fully saturated rings. The maximum Gasteiger partial charge on any atom is 0.232 e. The Morgan fingerprint density at radius 1 is 0.897 bits per heavy atom. The third-order valence-electron chi connectivity index (χ3n) is 5.47. The lowest BCUT2D eigenvalue weighted by Crippen LogP contribution is -2.45. The number of hydrogen-bond donors (Lipinski definition) is 0. The highest BCUT2D eigenvalue weighted by Crippen LogP contribution is 2.29. The summed E-state index contributed by atoms with van der Waals surface area (Å²) in [6, 6.07) is 21.1. The van der Waals surface area contributed by atoms with Crippen molar-refractivity contribution in [2.24, 2.45) is 0 Å². The number of nitrogens with zero attached hydrogens (tertiary/aromatic N) is 5. The lowest BCUT2D eigenvalue weighted by Gasteiger charge is -2.34. The van der Waals surface area contributed by atoms with E-state index in [4.69, 9.17) is 9.97 Å². The second-order valence-electron chi connectivity index (χ2n) is 7.65. The summed E-state index contributed by atoms with van der Waals surface area (Å²) in [6.07, 6.45) is 0. The van der Waals surface area contributed by atoms with Gasteiger partial charge in [-0.15, -0.1) is 0 Å². The number of likely N-dealkylation sites (N-methyl/N-ethyl adjacent to an activating group) is 1. The molecule has 1 saturated heterocycles. The second-order valence-corrected chi connectivity index (χ2v) is 7.65. The van der Waals surface area contributed by atoms with Gasteiger partial charge in [-0.05, 0) is 38.6 Å². The number of aryl methyl sites for hydroxylation is 1. The fourth-order valence-corrected chi connectivity index (χ4v) is 3.73. The van der Waals surface area contributed by atoms with E-state index in [1.54, 1.807) is 0 Å². The molecule has 150 valence electrons. The van der Waals surface area contributed by atoms with Gasteiger partial charge in [0.05, 0.1) is 5.69 Å². The lowest BCUT2D eigenvalue weighted by atomic mass is 10.1. The minimum Gasteiger partial charge on any atom is -0.354 e. The third kappa shape index (κ3) is 4.40. The SMILES string of the molecule is CCN(c1cccc(C)c1)c1nc(-c2ccccc2)cc(N2CCN(C)CC2)n1. The minimum atomic E-state index is 0.758. The number of hydrogen-bond acceptors (Lipinski definition) is 5. The number of anilines is 3. The zero-order chi connectivity index (χ0) is 20.2. The zero-order valence-electron chi connectivity index (χ0n) is 17.5. The molecule has 0 amide bonds. The molecule has 0 unspecified atom stereocenters. The van der Waals surface area contributed by atoms with Crippen LogP contribution in [0.1, 0.15) is 12.5 Å². The maximum absolute atomic E-state index is 5.01. The van der Waals surface area contributed by atoms with Crippen molar-refractivity contribution in [3.8, 4) is 11.3 Å². The van der Waals surface area contributed by atoms with E-state index in [0.29, 0.717) is 0 Å². The first kappa shape index (κ1) is 19.4. The standard InChI is InChI=1S/C24H29N5/c1-4-29(21-12-8-9-19(2)17-21)24-25-22(20-10-6-5-7-11-20)18-23(26-24)28-15-13-27(3)14-16-28/h5-12,17-18H,4,13-16H2,1-3H3. The molecule has 5 heteroatoms. The fourth-order valence-electron chi connectivity index (χ4n) is 3.73. The van der Waals surface area contributed by atoms with Crippen molar-refractivity contribution in [1.82, 2.24) is 14.9 Å². The van der Waals surface area contributed by atoms with E-state index in [-0.39, 0.29) is 0 Å².